The fourth-order valence-corrected chi connectivity index (χ4v) is 5.93. The average molecular weight is 632 g/mol. The van der Waals surface area contributed by atoms with Crippen molar-refractivity contribution in [3.8, 4) is 11.5 Å². The van der Waals surface area contributed by atoms with E-state index in [0.717, 1.165) is 57.3 Å². The molecule has 1 aliphatic rings. The fraction of sp³-hybridized carbons (Fsp3) is 0.250. The maximum Gasteiger partial charge on any atom is 0.417 e. The molecular formula is C36H33ClF3N3O2. The smallest absolute Gasteiger partial charge is 0.417 e. The second kappa shape index (κ2) is 11.9. The van der Waals surface area contributed by atoms with Crippen molar-refractivity contribution >= 4 is 44.7 Å². The minimum atomic E-state index is -4.56. The molecule has 5 aromatic rings. The number of fused-ring (bicyclic) bond motifs is 2. The largest absolute Gasteiger partial charge is 0.493 e. The first-order chi connectivity index (χ1) is 21.5. The molecule has 1 heterocycles. The van der Waals surface area contributed by atoms with E-state index in [1.54, 1.807) is 7.11 Å². The van der Waals surface area contributed by atoms with Crippen LogP contribution in [0.2, 0.25) is 5.02 Å². The Kier molecular flexibility index (Phi) is 8.14. The summed E-state index contributed by atoms with van der Waals surface area (Å²) in [4.78, 5) is 6.85. The van der Waals surface area contributed by atoms with Crippen LogP contribution in [0, 0.1) is 0 Å². The van der Waals surface area contributed by atoms with Crippen molar-refractivity contribution in [2.75, 3.05) is 33.1 Å². The zero-order chi connectivity index (χ0) is 31.9. The lowest BCUT2D eigenvalue weighted by Gasteiger charge is -2.24. The first-order valence-electron chi connectivity index (χ1n) is 14.6. The highest BCUT2D eigenvalue weighted by molar-refractivity contribution is 6.31. The number of methoxy groups -OCH3 is 1. The van der Waals surface area contributed by atoms with Crippen molar-refractivity contribution in [3.63, 3.8) is 0 Å². The lowest BCUT2D eigenvalue weighted by Crippen LogP contribution is -2.35. The Labute approximate surface area is 265 Å². The summed E-state index contributed by atoms with van der Waals surface area (Å²) in [6.45, 7) is 4.71. The quantitative estimate of drug-likeness (QED) is 0.166. The number of ether oxygens (including phenoxy) is 2. The number of pyridine rings is 1. The highest BCUT2D eigenvalue weighted by Gasteiger charge is 2.45. The molecule has 0 amide bonds. The first kappa shape index (κ1) is 30.7. The van der Waals surface area contributed by atoms with Gasteiger partial charge in [-0.05, 0) is 85.6 Å². The molecule has 1 N–H and O–H groups in total. The molecule has 6 rings (SSSR count). The Bertz CT molecular complexity index is 1920. The normalized spacial score (nSPS) is 14.1. The van der Waals surface area contributed by atoms with Crippen LogP contribution < -0.4 is 14.8 Å². The van der Waals surface area contributed by atoms with Crippen LogP contribution in [0.4, 0.5) is 18.9 Å². The number of rotatable bonds is 10. The van der Waals surface area contributed by atoms with Gasteiger partial charge in [-0.25, -0.2) is 0 Å². The van der Waals surface area contributed by atoms with E-state index in [4.69, 9.17) is 21.1 Å². The number of halogens is 4. The Morgan fingerprint density at radius 3 is 2.51 bits per heavy atom. The number of hydrogen-bond donors (Lipinski definition) is 1. The molecule has 5 nitrogen and oxygen atoms in total. The average Bonchev–Trinajstić information content (AvgIpc) is 3.81. The molecule has 0 atom stereocenters. The van der Waals surface area contributed by atoms with Gasteiger partial charge in [-0.2, -0.15) is 13.2 Å². The van der Waals surface area contributed by atoms with E-state index in [-0.39, 0.29) is 16.2 Å². The summed E-state index contributed by atoms with van der Waals surface area (Å²) in [5.41, 5.74) is 3.73. The van der Waals surface area contributed by atoms with E-state index >= 15 is 0 Å². The summed E-state index contributed by atoms with van der Waals surface area (Å²) < 4.78 is 52.1. The van der Waals surface area contributed by atoms with Crippen LogP contribution in [-0.2, 0) is 12.6 Å². The number of nitrogens with one attached hydrogen (secondary N) is 1. The second-order valence-electron chi connectivity index (χ2n) is 11.7. The molecule has 0 saturated heterocycles. The number of aromatic nitrogens is 1. The summed E-state index contributed by atoms with van der Waals surface area (Å²) in [5.74, 6) is 1.35. The number of likely N-dealkylation sites (N-methyl/N-ethyl adjacent to an activating group) is 1. The van der Waals surface area contributed by atoms with Gasteiger partial charge in [0, 0.05) is 34.6 Å². The predicted octanol–water partition coefficient (Wildman–Crippen LogP) is 9.22. The molecule has 45 heavy (non-hydrogen) atoms. The summed E-state index contributed by atoms with van der Waals surface area (Å²) in [7, 11) is 5.81. The Balaban J connectivity index is 1.25. The fourth-order valence-electron chi connectivity index (χ4n) is 5.70. The number of anilines is 1. The lowest BCUT2D eigenvalue weighted by atomic mass is 9.96. The Morgan fingerprint density at radius 1 is 1.00 bits per heavy atom. The van der Waals surface area contributed by atoms with Gasteiger partial charge in [0.1, 0.15) is 6.61 Å². The van der Waals surface area contributed by atoms with Crippen LogP contribution in [0.3, 0.4) is 0 Å². The van der Waals surface area contributed by atoms with Crippen molar-refractivity contribution in [3.05, 3.63) is 113 Å². The van der Waals surface area contributed by atoms with Gasteiger partial charge in [0.2, 0.25) is 0 Å². The Morgan fingerprint density at radius 2 is 1.80 bits per heavy atom. The van der Waals surface area contributed by atoms with E-state index in [2.05, 4.69) is 48.0 Å². The maximum absolute atomic E-state index is 13.4. The topological polar surface area (TPSA) is 46.6 Å². The van der Waals surface area contributed by atoms with Gasteiger partial charge in [-0.15, -0.1) is 0 Å². The van der Waals surface area contributed by atoms with Crippen molar-refractivity contribution < 1.29 is 22.6 Å². The number of benzene rings is 4. The molecular weight excluding hydrogens is 599 g/mol. The predicted molar refractivity (Wildman–Crippen MR) is 175 cm³/mol. The molecule has 0 aliphatic heterocycles. The molecule has 1 fully saturated rings. The molecule has 9 heteroatoms. The molecule has 1 aromatic heterocycles. The highest BCUT2D eigenvalue weighted by atomic mass is 35.5. The highest BCUT2D eigenvalue weighted by Crippen LogP contribution is 2.42. The molecule has 4 aromatic carbocycles. The molecule has 0 unspecified atom stereocenters. The zero-order valence-electron chi connectivity index (χ0n) is 25.3. The second-order valence-corrected chi connectivity index (χ2v) is 12.1. The molecule has 0 spiro atoms. The molecule has 1 aliphatic carbocycles. The summed E-state index contributed by atoms with van der Waals surface area (Å²) in [5, 5.41) is 5.58. The lowest BCUT2D eigenvalue weighted by molar-refractivity contribution is -0.137. The minimum Gasteiger partial charge on any atom is -0.493 e. The summed E-state index contributed by atoms with van der Waals surface area (Å²) in [6, 6.07) is 21.7. The van der Waals surface area contributed by atoms with E-state index in [9.17, 15) is 13.2 Å². The maximum atomic E-state index is 13.4. The SMILES string of the molecule is C=C(Nc1ccc(Cl)c(C(F)(F)F)c1)c1cccc2cc(Cc3ccnc4cc(OCC5(N(C)C)CC5)c(OC)cc34)ccc12. The van der Waals surface area contributed by atoms with E-state index in [0.29, 0.717) is 30.2 Å². The van der Waals surface area contributed by atoms with Crippen LogP contribution >= 0.6 is 11.6 Å². The van der Waals surface area contributed by atoms with E-state index in [1.807, 2.05) is 48.7 Å². The Hall–Kier alpha value is -4.27. The summed E-state index contributed by atoms with van der Waals surface area (Å²) >= 11 is 5.79. The van der Waals surface area contributed by atoms with Crippen molar-refractivity contribution in [2.24, 2.45) is 0 Å². The monoisotopic (exact) mass is 631 g/mol. The third-order valence-corrected chi connectivity index (χ3v) is 8.95. The standard InChI is InChI=1S/C36H33ClF3N3O2/c1-22(42-26-9-11-31(37)30(18-26)36(38,39)40)27-7-5-6-24-16-23(8-10-28(24)27)17-25-12-15-41-32-20-34(33(44-4)19-29(25)32)45-21-35(13-14-35)43(2)3/h5-12,15-16,18-20,42H,1,13-14,17,21H2,2-4H3. The van der Waals surface area contributed by atoms with Crippen molar-refractivity contribution in [2.45, 2.75) is 31.0 Å². The summed E-state index contributed by atoms with van der Waals surface area (Å²) in [6.07, 6.45) is 0.143. The van der Waals surface area contributed by atoms with Crippen LogP contribution in [0.5, 0.6) is 11.5 Å². The van der Waals surface area contributed by atoms with Gasteiger partial charge in [0.05, 0.1) is 28.8 Å². The molecule has 1 saturated carbocycles. The van der Waals surface area contributed by atoms with Crippen LogP contribution in [0.15, 0.2) is 85.6 Å². The van der Waals surface area contributed by atoms with Gasteiger partial charge in [-0.1, -0.05) is 54.6 Å². The van der Waals surface area contributed by atoms with Gasteiger partial charge in [0.15, 0.2) is 11.5 Å². The molecule has 0 radical (unpaired) electrons. The minimum absolute atomic E-state index is 0.0834. The van der Waals surface area contributed by atoms with Crippen LogP contribution in [-0.4, -0.2) is 43.2 Å². The first-order valence-corrected chi connectivity index (χ1v) is 15.0. The molecule has 232 valence electrons. The van der Waals surface area contributed by atoms with Crippen LogP contribution in [0.25, 0.3) is 27.4 Å². The van der Waals surface area contributed by atoms with E-state index < -0.39 is 11.7 Å². The van der Waals surface area contributed by atoms with Gasteiger partial charge < -0.3 is 19.7 Å². The van der Waals surface area contributed by atoms with E-state index in [1.165, 1.54) is 12.1 Å². The van der Waals surface area contributed by atoms with Gasteiger partial charge in [0.25, 0.3) is 0 Å². The zero-order valence-corrected chi connectivity index (χ0v) is 26.0. The van der Waals surface area contributed by atoms with Crippen molar-refractivity contribution in [1.82, 2.24) is 9.88 Å². The molecule has 0 bridgehead atoms. The van der Waals surface area contributed by atoms with Gasteiger partial charge >= 0.3 is 6.18 Å². The van der Waals surface area contributed by atoms with Crippen LogP contribution in [0.1, 0.15) is 35.1 Å². The third kappa shape index (κ3) is 6.30. The van der Waals surface area contributed by atoms with Gasteiger partial charge in [-0.3, -0.25) is 4.98 Å². The number of alkyl halides is 3. The number of nitrogens with zero attached hydrogens (tertiary/aromatic N) is 2. The third-order valence-electron chi connectivity index (χ3n) is 8.62. The number of hydrogen-bond acceptors (Lipinski definition) is 5. The van der Waals surface area contributed by atoms with Crippen molar-refractivity contribution in [1.29, 1.82) is 0 Å².